The Balaban J connectivity index is 1.59. The minimum Gasteiger partial charge on any atom is -0.465 e. The number of benzene rings is 2. The van der Waals surface area contributed by atoms with Gasteiger partial charge in [-0.05, 0) is 17.7 Å². The molecule has 10 heteroatoms. The third-order valence-corrected chi connectivity index (χ3v) is 5.88. The van der Waals surface area contributed by atoms with E-state index in [1.807, 2.05) is 23.1 Å². The number of nitrogens with zero attached hydrogens (tertiary/aromatic N) is 6. The van der Waals surface area contributed by atoms with Crippen molar-refractivity contribution in [2.24, 2.45) is 0 Å². The summed E-state index contributed by atoms with van der Waals surface area (Å²) in [5.41, 5.74) is 1.78. The predicted octanol–water partition coefficient (Wildman–Crippen LogP) is 3.26. The second-order valence-corrected chi connectivity index (χ2v) is 7.94. The summed E-state index contributed by atoms with van der Waals surface area (Å²) in [5.74, 6) is -0.149. The van der Waals surface area contributed by atoms with Crippen LogP contribution < -0.4 is 9.80 Å². The highest BCUT2D eigenvalue weighted by Crippen LogP contribution is 2.38. The highest BCUT2D eigenvalue weighted by atomic mass is 16.6. The van der Waals surface area contributed by atoms with E-state index in [0.29, 0.717) is 18.8 Å². The van der Waals surface area contributed by atoms with Crippen LogP contribution in [0, 0.1) is 10.1 Å². The molecule has 1 aromatic heterocycles. The molecule has 1 aliphatic rings. The molecule has 4 rings (SSSR count). The van der Waals surface area contributed by atoms with Gasteiger partial charge in [0.05, 0.1) is 23.3 Å². The highest BCUT2D eigenvalue weighted by molar-refractivity contribution is 5.97. The fourth-order valence-corrected chi connectivity index (χ4v) is 4.12. The number of rotatable bonds is 7. The van der Waals surface area contributed by atoms with Crippen molar-refractivity contribution in [2.75, 3.05) is 50.1 Å². The van der Waals surface area contributed by atoms with Crippen LogP contribution in [0.25, 0.3) is 0 Å². The van der Waals surface area contributed by atoms with E-state index >= 15 is 0 Å². The van der Waals surface area contributed by atoms with Crippen molar-refractivity contribution in [3.8, 4) is 0 Å². The molecule has 0 amide bonds. The number of aromatic nitrogens is 2. The molecule has 1 saturated heterocycles. The molecule has 0 unspecified atom stereocenters. The molecule has 0 spiro atoms. The van der Waals surface area contributed by atoms with Gasteiger partial charge in [0.2, 0.25) is 11.6 Å². The maximum absolute atomic E-state index is 12.2. The van der Waals surface area contributed by atoms with Crippen LogP contribution in [0.3, 0.4) is 0 Å². The number of hydrogen-bond donors (Lipinski definition) is 0. The van der Waals surface area contributed by atoms with Crippen LogP contribution >= 0.6 is 0 Å². The van der Waals surface area contributed by atoms with Crippen molar-refractivity contribution in [2.45, 2.75) is 6.54 Å². The molecule has 34 heavy (non-hydrogen) atoms. The molecule has 0 N–H and O–H groups in total. The molecule has 2 heterocycles. The van der Waals surface area contributed by atoms with Gasteiger partial charge >= 0.3 is 11.7 Å². The maximum Gasteiger partial charge on any atom is 0.353 e. The molecule has 1 fully saturated rings. The molecular formula is C24H26N6O4. The van der Waals surface area contributed by atoms with Crippen molar-refractivity contribution >= 4 is 29.0 Å². The first-order valence-corrected chi connectivity index (χ1v) is 10.9. The summed E-state index contributed by atoms with van der Waals surface area (Å²) in [4.78, 5) is 38.2. The standard InChI is InChI=1S/C24H26N6O4/c1-27(20-11-7-6-10-19(20)24(31)34-2)22-21(30(32)33)23(26-17-25-22)29-14-12-28(13-15-29)16-18-8-4-3-5-9-18/h3-11,17H,12-16H2,1-2H3. The van der Waals surface area contributed by atoms with Crippen molar-refractivity contribution in [3.05, 3.63) is 82.2 Å². The van der Waals surface area contributed by atoms with E-state index in [0.717, 1.165) is 19.6 Å². The van der Waals surface area contributed by atoms with Crippen molar-refractivity contribution in [1.82, 2.24) is 14.9 Å². The summed E-state index contributed by atoms with van der Waals surface area (Å²) in [6.07, 6.45) is 1.32. The SMILES string of the molecule is COC(=O)c1ccccc1N(C)c1ncnc(N2CCN(Cc3ccccc3)CC2)c1[N+](=O)[O-]. The zero-order valence-electron chi connectivity index (χ0n) is 19.1. The summed E-state index contributed by atoms with van der Waals surface area (Å²) < 4.78 is 4.87. The van der Waals surface area contributed by atoms with Crippen LogP contribution in [0.4, 0.5) is 23.0 Å². The van der Waals surface area contributed by atoms with Gasteiger partial charge in [-0.15, -0.1) is 0 Å². The van der Waals surface area contributed by atoms with Crippen LogP contribution in [-0.4, -0.2) is 66.1 Å². The van der Waals surface area contributed by atoms with Crippen LogP contribution in [-0.2, 0) is 11.3 Å². The zero-order chi connectivity index (χ0) is 24.1. The quantitative estimate of drug-likeness (QED) is 0.297. The Kier molecular flexibility index (Phi) is 6.98. The van der Waals surface area contributed by atoms with Crippen LogP contribution in [0.1, 0.15) is 15.9 Å². The second-order valence-electron chi connectivity index (χ2n) is 7.94. The van der Waals surface area contributed by atoms with Gasteiger partial charge in [-0.2, -0.15) is 0 Å². The number of ether oxygens (including phenoxy) is 1. The van der Waals surface area contributed by atoms with Gasteiger partial charge in [0, 0.05) is 39.8 Å². The number of esters is 1. The first-order valence-electron chi connectivity index (χ1n) is 10.9. The van der Waals surface area contributed by atoms with Crippen molar-refractivity contribution in [3.63, 3.8) is 0 Å². The maximum atomic E-state index is 12.2. The third-order valence-electron chi connectivity index (χ3n) is 5.88. The summed E-state index contributed by atoms with van der Waals surface area (Å²) >= 11 is 0. The lowest BCUT2D eigenvalue weighted by atomic mass is 10.1. The number of piperazine rings is 1. The fourth-order valence-electron chi connectivity index (χ4n) is 4.12. The molecule has 0 saturated carbocycles. The van der Waals surface area contributed by atoms with Gasteiger partial charge < -0.3 is 14.5 Å². The number of nitro groups is 1. The van der Waals surface area contributed by atoms with Crippen LogP contribution in [0.15, 0.2) is 60.9 Å². The van der Waals surface area contributed by atoms with Gasteiger partial charge in [0.15, 0.2) is 0 Å². The molecule has 0 atom stereocenters. The Labute approximate surface area is 197 Å². The Morgan fingerprint density at radius 3 is 2.41 bits per heavy atom. The van der Waals surface area contributed by atoms with E-state index in [1.54, 1.807) is 31.3 Å². The lowest BCUT2D eigenvalue weighted by Crippen LogP contribution is -2.46. The molecule has 0 bridgehead atoms. The summed E-state index contributed by atoms with van der Waals surface area (Å²) in [6.45, 7) is 3.55. The topological polar surface area (TPSA) is 105 Å². The average molecular weight is 463 g/mol. The van der Waals surface area contributed by atoms with Crippen molar-refractivity contribution < 1.29 is 14.5 Å². The summed E-state index contributed by atoms with van der Waals surface area (Å²) in [7, 11) is 2.93. The largest absolute Gasteiger partial charge is 0.465 e. The number of para-hydroxylation sites is 1. The van der Waals surface area contributed by atoms with Crippen molar-refractivity contribution in [1.29, 1.82) is 0 Å². The first-order chi connectivity index (χ1) is 16.5. The Morgan fingerprint density at radius 1 is 1.06 bits per heavy atom. The number of carbonyl (C=O) groups is 1. The number of anilines is 3. The molecule has 0 aliphatic carbocycles. The zero-order valence-corrected chi connectivity index (χ0v) is 19.1. The molecule has 1 aliphatic heterocycles. The molecule has 2 aromatic carbocycles. The van der Waals surface area contributed by atoms with Gasteiger partial charge in [-0.25, -0.2) is 14.8 Å². The van der Waals surface area contributed by atoms with Gasteiger partial charge in [0.25, 0.3) is 0 Å². The molecule has 0 radical (unpaired) electrons. The fraction of sp³-hybridized carbons (Fsp3) is 0.292. The van der Waals surface area contributed by atoms with E-state index in [1.165, 1.54) is 23.9 Å². The second kappa shape index (κ2) is 10.3. The summed E-state index contributed by atoms with van der Waals surface area (Å²) in [6, 6.07) is 17.0. The Morgan fingerprint density at radius 2 is 1.74 bits per heavy atom. The number of carbonyl (C=O) groups excluding carboxylic acids is 1. The smallest absolute Gasteiger partial charge is 0.353 e. The third kappa shape index (κ3) is 4.81. The monoisotopic (exact) mass is 462 g/mol. The van der Waals surface area contributed by atoms with E-state index in [9.17, 15) is 14.9 Å². The molecular weight excluding hydrogens is 436 g/mol. The molecule has 176 valence electrons. The Hall–Kier alpha value is -4.05. The van der Waals surface area contributed by atoms with E-state index in [4.69, 9.17) is 4.74 Å². The van der Waals surface area contributed by atoms with E-state index in [2.05, 4.69) is 27.0 Å². The number of hydrogen-bond acceptors (Lipinski definition) is 9. The number of methoxy groups -OCH3 is 1. The molecule has 10 nitrogen and oxygen atoms in total. The summed E-state index contributed by atoms with van der Waals surface area (Å²) in [5, 5.41) is 12.2. The lowest BCUT2D eigenvalue weighted by molar-refractivity contribution is -0.383. The predicted molar refractivity (Wildman–Crippen MR) is 128 cm³/mol. The Bertz CT molecular complexity index is 1170. The molecule has 3 aromatic rings. The van der Waals surface area contributed by atoms with Crippen LogP contribution in [0.2, 0.25) is 0 Å². The normalized spacial score (nSPS) is 14.0. The van der Waals surface area contributed by atoms with E-state index < -0.39 is 10.9 Å². The first kappa shape index (κ1) is 23.1. The van der Waals surface area contributed by atoms with Gasteiger partial charge in [-0.3, -0.25) is 15.0 Å². The van der Waals surface area contributed by atoms with Gasteiger partial charge in [-0.1, -0.05) is 42.5 Å². The van der Waals surface area contributed by atoms with E-state index in [-0.39, 0.29) is 22.9 Å². The highest BCUT2D eigenvalue weighted by Gasteiger charge is 2.32. The van der Waals surface area contributed by atoms with Gasteiger partial charge in [0.1, 0.15) is 6.33 Å². The minimum absolute atomic E-state index is 0.109. The minimum atomic E-state index is -0.533. The van der Waals surface area contributed by atoms with Crippen LogP contribution in [0.5, 0.6) is 0 Å². The average Bonchev–Trinajstić information content (AvgIpc) is 2.88. The lowest BCUT2D eigenvalue weighted by Gasteiger charge is -2.35.